The summed E-state index contributed by atoms with van der Waals surface area (Å²) >= 11 is 0. The Morgan fingerprint density at radius 1 is 1.12 bits per heavy atom. The van der Waals surface area contributed by atoms with E-state index >= 15 is 0 Å². The zero-order valence-electron chi connectivity index (χ0n) is 19.8. The average Bonchev–Trinajstić information content (AvgIpc) is 2.93. The lowest BCUT2D eigenvalue weighted by atomic mass is 9.84. The van der Waals surface area contributed by atoms with Gasteiger partial charge < -0.3 is 9.69 Å². The van der Waals surface area contributed by atoms with Gasteiger partial charge in [0.05, 0.1) is 17.5 Å². The predicted octanol–water partition coefficient (Wildman–Crippen LogP) is 4.42. The van der Waals surface area contributed by atoms with Crippen LogP contribution in [0.15, 0.2) is 65.3 Å². The van der Waals surface area contributed by atoms with Gasteiger partial charge in [-0.15, -0.1) is 0 Å². The first-order valence-electron chi connectivity index (χ1n) is 11.4. The summed E-state index contributed by atoms with van der Waals surface area (Å²) in [5, 5.41) is 0. The fraction of sp³-hybridized carbons (Fsp3) is 0.333. The van der Waals surface area contributed by atoms with E-state index in [1.807, 2.05) is 42.4 Å². The van der Waals surface area contributed by atoms with Crippen molar-refractivity contribution >= 4 is 27.4 Å². The summed E-state index contributed by atoms with van der Waals surface area (Å²) in [6.45, 7) is 5.81. The largest absolute Gasteiger partial charge is 0.367 e. The van der Waals surface area contributed by atoms with Crippen LogP contribution in [0.2, 0.25) is 0 Å². The van der Waals surface area contributed by atoms with Crippen molar-refractivity contribution in [3.63, 3.8) is 0 Å². The van der Waals surface area contributed by atoms with E-state index in [0.29, 0.717) is 5.56 Å². The van der Waals surface area contributed by atoms with E-state index in [-0.39, 0.29) is 29.3 Å². The fourth-order valence-corrected chi connectivity index (χ4v) is 5.36. The van der Waals surface area contributed by atoms with E-state index in [9.17, 15) is 17.6 Å². The van der Waals surface area contributed by atoms with Crippen molar-refractivity contribution in [3.05, 3.63) is 88.4 Å². The zero-order valence-corrected chi connectivity index (χ0v) is 20.6. The maximum atomic E-state index is 13.7. The number of likely N-dealkylation sites (N-methyl/N-ethyl adjacent to an activating group) is 1. The first kappa shape index (κ1) is 24.1. The van der Waals surface area contributed by atoms with E-state index < -0.39 is 15.9 Å². The number of sulfone groups is 1. The smallest absolute Gasteiger partial charge is 0.154 e. The molecule has 0 bridgehead atoms. The molecule has 0 N–H and O–H groups in total. The topological polar surface area (TPSA) is 66.8 Å². The number of rotatable bonds is 6. The molecule has 0 amide bonds. The third kappa shape index (κ3) is 4.62. The highest BCUT2D eigenvalue weighted by Gasteiger charge is 2.33. The molecular formula is C27H29FN2O3S. The second-order valence-electron chi connectivity index (χ2n) is 9.19. The average molecular weight is 481 g/mol. The Morgan fingerprint density at radius 2 is 1.82 bits per heavy atom. The van der Waals surface area contributed by atoms with Gasteiger partial charge in [-0.2, -0.15) is 0 Å². The third-order valence-corrected chi connectivity index (χ3v) is 8.05. The van der Waals surface area contributed by atoms with Crippen LogP contribution in [0.4, 0.5) is 4.39 Å². The van der Waals surface area contributed by atoms with Gasteiger partial charge in [0, 0.05) is 35.7 Å². The quantitative estimate of drug-likeness (QED) is 0.574. The van der Waals surface area contributed by atoms with Gasteiger partial charge in [-0.3, -0.25) is 4.99 Å². The van der Waals surface area contributed by atoms with Crippen LogP contribution in [0.3, 0.4) is 0 Å². The van der Waals surface area contributed by atoms with Gasteiger partial charge in [0.1, 0.15) is 18.1 Å². The summed E-state index contributed by atoms with van der Waals surface area (Å²) < 4.78 is 38.4. The lowest BCUT2D eigenvalue weighted by Gasteiger charge is -2.31. The summed E-state index contributed by atoms with van der Waals surface area (Å²) in [5.74, 6) is -0.172. The standard InChI is InChI=1S/C27H29FN2O3S/c1-5-34(32,33)16-18-6-11-22-23(12-18)25-14-30(4)21(15-31)13-24(25)26(17(2)3)29-27(22)19-7-9-20(28)10-8-19/h6-15,17,21,26H,5,16H2,1-4H3/t21?,26-/m0/s1. The highest BCUT2D eigenvalue weighted by atomic mass is 32.2. The maximum Gasteiger partial charge on any atom is 0.154 e. The van der Waals surface area contributed by atoms with Gasteiger partial charge in [-0.1, -0.05) is 32.9 Å². The molecule has 0 aliphatic carbocycles. The molecular weight excluding hydrogens is 451 g/mol. The van der Waals surface area contributed by atoms with Crippen LogP contribution in [0.5, 0.6) is 0 Å². The number of aldehydes is 1. The molecule has 0 saturated heterocycles. The third-order valence-electron chi connectivity index (χ3n) is 6.40. The molecule has 5 nitrogen and oxygen atoms in total. The van der Waals surface area contributed by atoms with Gasteiger partial charge in [0.15, 0.2) is 9.84 Å². The summed E-state index contributed by atoms with van der Waals surface area (Å²) in [7, 11) is -1.37. The Labute approximate surface area is 200 Å². The first-order chi connectivity index (χ1) is 16.1. The molecule has 2 aliphatic rings. The van der Waals surface area contributed by atoms with E-state index in [0.717, 1.165) is 39.8 Å². The van der Waals surface area contributed by atoms with Crippen molar-refractivity contribution in [2.24, 2.45) is 10.9 Å². The van der Waals surface area contributed by atoms with Crippen molar-refractivity contribution in [3.8, 4) is 0 Å². The van der Waals surface area contributed by atoms with Gasteiger partial charge in [-0.05, 0) is 59.0 Å². The minimum atomic E-state index is -3.22. The minimum absolute atomic E-state index is 0.0491. The van der Waals surface area contributed by atoms with E-state index in [4.69, 9.17) is 4.99 Å². The van der Waals surface area contributed by atoms with Crippen LogP contribution in [0, 0.1) is 11.7 Å². The summed E-state index contributed by atoms with van der Waals surface area (Å²) in [5.41, 5.74) is 5.77. The minimum Gasteiger partial charge on any atom is -0.367 e. The number of benzene rings is 2. The van der Waals surface area contributed by atoms with Crippen LogP contribution < -0.4 is 0 Å². The Balaban J connectivity index is 1.99. The molecule has 2 aromatic rings. The number of hydrogen-bond acceptors (Lipinski definition) is 5. The van der Waals surface area contributed by atoms with E-state index in [1.54, 1.807) is 19.1 Å². The highest BCUT2D eigenvalue weighted by Crippen LogP contribution is 2.40. The van der Waals surface area contributed by atoms with Crippen LogP contribution in [-0.4, -0.2) is 50.2 Å². The number of halogens is 1. The van der Waals surface area contributed by atoms with Crippen LogP contribution >= 0.6 is 0 Å². The van der Waals surface area contributed by atoms with Gasteiger partial charge in [-0.25, -0.2) is 12.8 Å². The number of nitrogens with zero attached hydrogens (tertiary/aromatic N) is 2. The lowest BCUT2D eigenvalue weighted by Crippen LogP contribution is -2.32. The molecule has 34 heavy (non-hydrogen) atoms. The summed E-state index contributed by atoms with van der Waals surface area (Å²) in [6.07, 6.45) is 4.80. The normalized spacial score (nSPS) is 20.1. The monoisotopic (exact) mass is 480 g/mol. The zero-order chi connectivity index (χ0) is 24.6. The van der Waals surface area contributed by atoms with Crippen LogP contribution in [0.25, 0.3) is 5.57 Å². The van der Waals surface area contributed by atoms with Crippen LogP contribution in [-0.2, 0) is 20.4 Å². The van der Waals surface area contributed by atoms with Crippen molar-refractivity contribution in [1.29, 1.82) is 0 Å². The van der Waals surface area contributed by atoms with Crippen molar-refractivity contribution in [2.45, 2.75) is 38.6 Å². The molecule has 178 valence electrons. The molecule has 2 aliphatic heterocycles. The lowest BCUT2D eigenvalue weighted by molar-refractivity contribution is -0.110. The maximum absolute atomic E-state index is 13.7. The van der Waals surface area contributed by atoms with E-state index in [1.165, 1.54) is 12.1 Å². The SMILES string of the molecule is CCS(=O)(=O)Cc1ccc2c(c1)C1=CN(C)C(C=O)C=C1[C@H](C(C)C)N=C2c1ccc(F)cc1. The van der Waals surface area contributed by atoms with Gasteiger partial charge in [0.25, 0.3) is 0 Å². The Morgan fingerprint density at radius 3 is 2.44 bits per heavy atom. The Bertz CT molecular complexity index is 1310. The first-order valence-corrected chi connectivity index (χ1v) is 13.2. The van der Waals surface area contributed by atoms with Gasteiger partial charge in [0.2, 0.25) is 0 Å². The van der Waals surface area contributed by atoms with E-state index in [2.05, 4.69) is 13.8 Å². The molecule has 2 heterocycles. The fourth-order valence-electron chi connectivity index (χ4n) is 4.46. The molecule has 0 spiro atoms. The highest BCUT2D eigenvalue weighted by molar-refractivity contribution is 7.90. The molecule has 0 saturated carbocycles. The Hall–Kier alpha value is -3.06. The number of carbonyl (C=O) groups is 1. The number of hydrogen-bond donors (Lipinski definition) is 0. The second-order valence-corrected chi connectivity index (χ2v) is 11.5. The molecule has 1 unspecified atom stereocenters. The molecule has 2 atom stereocenters. The number of carbonyl (C=O) groups excluding carboxylic acids is 1. The number of fused-ring (bicyclic) bond motifs is 3. The number of aliphatic imine (C=N–C) groups is 1. The Kier molecular flexibility index (Phi) is 6.58. The summed E-state index contributed by atoms with van der Waals surface area (Å²) in [4.78, 5) is 18.8. The van der Waals surface area contributed by atoms with Crippen molar-refractivity contribution < 1.29 is 17.6 Å². The summed E-state index contributed by atoms with van der Waals surface area (Å²) in [6, 6.07) is 11.3. The predicted molar refractivity (Wildman–Crippen MR) is 134 cm³/mol. The molecule has 0 aromatic heterocycles. The molecule has 2 aromatic carbocycles. The second kappa shape index (κ2) is 9.29. The molecule has 7 heteroatoms. The van der Waals surface area contributed by atoms with Crippen molar-refractivity contribution in [1.82, 2.24) is 4.90 Å². The molecule has 4 rings (SSSR count). The van der Waals surface area contributed by atoms with Gasteiger partial charge >= 0.3 is 0 Å². The van der Waals surface area contributed by atoms with Crippen LogP contribution in [0.1, 0.15) is 43.0 Å². The molecule has 0 fully saturated rings. The molecule has 0 radical (unpaired) electrons. The van der Waals surface area contributed by atoms with Crippen molar-refractivity contribution in [2.75, 3.05) is 12.8 Å².